The van der Waals surface area contributed by atoms with Gasteiger partial charge in [0.15, 0.2) is 0 Å². The zero-order valence-electron chi connectivity index (χ0n) is 17.8. The van der Waals surface area contributed by atoms with Crippen molar-refractivity contribution >= 4 is 29.6 Å². The van der Waals surface area contributed by atoms with Crippen LogP contribution in [0.1, 0.15) is 37.3 Å². The van der Waals surface area contributed by atoms with Gasteiger partial charge in [-0.3, -0.25) is 19.2 Å². The first-order chi connectivity index (χ1) is 14.7. The van der Waals surface area contributed by atoms with Crippen LogP contribution in [0.3, 0.4) is 0 Å². The van der Waals surface area contributed by atoms with E-state index in [1.165, 1.54) is 0 Å². The van der Waals surface area contributed by atoms with Gasteiger partial charge in [-0.05, 0) is 42.7 Å². The summed E-state index contributed by atoms with van der Waals surface area (Å²) in [7, 11) is 1.59. The van der Waals surface area contributed by atoms with Crippen LogP contribution in [-0.2, 0) is 25.7 Å². The summed E-state index contributed by atoms with van der Waals surface area (Å²) >= 11 is 0. The van der Waals surface area contributed by atoms with Crippen LogP contribution >= 0.6 is 0 Å². The molecule has 164 valence electrons. The molecule has 0 aromatic heterocycles. The quantitative estimate of drug-likeness (QED) is 0.512. The molecule has 8 nitrogen and oxygen atoms in total. The maximum Gasteiger partial charge on any atom is 0.285 e. The van der Waals surface area contributed by atoms with Crippen molar-refractivity contribution in [2.45, 2.75) is 38.3 Å². The molecule has 0 spiro atoms. The number of carbonyl (C=O) groups is 4. The average molecular weight is 425 g/mol. The van der Waals surface area contributed by atoms with Crippen molar-refractivity contribution in [3.63, 3.8) is 0 Å². The minimum atomic E-state index is -0.926. The van der Waals surface area contributed by atoms with Gasteiger partial charge < -0.3 is 21.1 Å². The van der Waals surface area contributed by atoms with Crippen molar-refractivity contribution in [3.8, 4) is 5.75 Å². The van der Waals surface area contributed by atoms with E-state index in [4.69, 9.17) is 15.3 Å². The van der Waals surface area contributed by atoms with Crippen molar-refractivity contribution < 1.29 is 23.9 Å². The number of aldehydes is 1. The molecule has 1 aliphatic rings. The van der Waals surface area contributed by atoms with Crippen LogP contribution in [0.2, 0.25) is 0 Å². The molecule has 0 aliphatic carbocycles. The number of ether oxygens (including phenoxy) is 1. The van der Waals surface area contributed by atoms with Crippen LogP contribution in [-0.4, -0.2) is 36.5 Å². The Morgan fingerprint density at radius 1 is 1.13 bits per heavy atom. The number of hydrogen-bond acceptors (Lipinski definition) is 6. The van der Waals surface area contributed by atoms with E-state index in [-0.39, 0.29) is 6.29 Å². The molecule has 2 aromatic rings. The van der Waals surface area contributed by atoms with E-state index >= 15 is 0 Å². The first kappa shape index (κ1) is 23.6. The molecule has 0 fully saturated rings. The molecule has 0 radical (unpaired) electrons. The molecule has 0 saturated carbocycles. The fourth-order valence-corrected chi connectivity index (χ4v) is 3.90. The summed E-state index contributed by atoms with van der Waals surface area (Å²) in [5, 5.41) is 0. The molecule has 0 saturated heterocycles. The molecule has 3 rings (SSSR count). The number of primary amides is 2. The van der Waals surface area contributed by atoms with Gasteiger partial charge >= 0.3 is 0 Å². The zero-order chi connectivity index (χ0) is 23.2. The number of Topliss-reactive ketones (excluding diaryl/α,β-unsaturated/α-hetero) is 1. The summed E-state index contributed by atoms with van der Waals surface area (Å²) in [5.74, 6) is -2.33. The van der Waals surface area contributed by atoms with Gasteiger partial charge in [0.05, 0.1) is 18.6 Å². The lowest BCUT2D eigenvalue weighted by Crippen LogP contribution is -2.49. The number of rotatable bonds is 7. The first-order valence-corrected chi connectivity index (χ1v) is 9.77. The van der Waals surface area contributed by atoms with E-state index in [2.05, 4.69) is 22.8 Å². The summed E-state index contributed by atoms with van der Waals surface area (Å²) in [4.78, 5) is 44.9. The second-order valence-electron chi connectivity index (χ2n) is 7.39. The molecule has 2 aromatic carbocycles. The van der Waals surface area contributed by atoms with E-state index in [0.29, 0.717) is 18.7 Å². The van der Waals surface area contributed by atoms with Crippen LogP contribution in [0.5, 0.6) is 5.75 Å². The Balaban J connectivity index is 0.000000614. The smallest absolute Gasteiger partial charge is 0.285 e. The maximum absolute atomic E-state index is 12.7. The van der Waals surface area contributed by atoms with Crippen LogP contribution in [0.15, 0.2) is 48.5 Å². The number of nitrogens with zero attached hydrogens (tertiary/aromatic N) is 1. The largest absolute Gasteiger partial charge is 0.497 e. The van der Waals surface area contributed by atoms with Gasteiger partial charge in [-0.2, -0.15) is 0 Å². The Labute approximate surface area is 181 Å². The third kappa shape index (κ3) is 4.91. The minimum Gasteiger partial charge on any atom is -0.497 e. The van der Waals surface area contributed by atoms with Crippen LogP contribution in [0.25, 0.3) is 0 Å². The zero-order valence-corrected chi connectivity index (χ0v) is 17.8. The highest BCUT2D eigenvalue weighted by Crippen LogP contribution is 2.51. The molecule has 0 bridgehead atoms. The van der Waals surface area contributed by atoms with E-state index < -0.39 is 29.1 Å². The minimum absolute atomic E-state index is 0.0556. The third-order valence-corrected chi connectivity index (χ3v) is 5.60. The summed E-state index contributed by atoms with van der Waals surface area (Å²) in [6.07, 6.45) is 0.751. The number of methoxy groups -OCH3 is 1. The number of carbonyl (C=O) groups excluding carboxylic acids is 4. The van der Waals surface area contributed by atoms with Crippen LogP contribution < -0.4 is 21.1 Å². The number of benzene rings is 2. The molecule has 2 unspecified atom stereocenters. The molecule has 4 N–H and O–H groups in total. The highest BCUT2D eigenvalue weighted by molar-refractivity contribution is 6.38. The number of ketones is 1. The molecule has 8 heteroatoms. The predicted molar refractivity (Wildman–Crippen MR) is 117 cm³/mol. The van der Waals surface area contributed by atoms with Crippen molar-refractivity contribution in [3.05, 3.63) is 59.7 Å². The molecular formula is C23H27N3O5. The Kier molecular flexibility index (Phi) is 7.52. The molecule has 1 aliphatic heterocycles. The molecule has 1 heterocycles. The summed E-state index contributed by atoms with van der Waals surface area (Å²) in [6.45, 7) is 4.70. The van der Waals surface area contributed by atoms with Gasteiger partial charge in [-0.25, -0.2) is 0 Å². The van der Waals surface area contributed by atoms with Crippen molar-refractivity contribution in [1.82, 2.24) is 0 Å². The van der Waals surface area contributed by atoms with Gasteiger partial charge in [-0.15, -0.1) is 0 Å². The number of nitrogens with two attached hydrogens (primary N) is 2. The van der Waals surface area contributed by atoms with E-state index in [0.717, 1.165) is 16.8 Å². The summed E-state index contributed by atoms with van der Waals surface area (Å²) in [5.41, 5.74) is 12.0. The van der Waals surface area contributed by atoms with Crippen molar-refractivity contribution in [2.75, 3.05) is 12.0 Å². The van der Waals surface area contributed by atoms with Crippen molar-refractivity contribution in [2.24, 2.45) is 11.5 Å². The van der Waals surface area contributed by atoms with Gasteiger partial charge in [0.2, 0.25) is 12.1 Å². The number of hydrogen-bond donors (Lipinski definition) is 2. The molecule has 2 atom stereocenters. The lowest BCUT2D eigenvalue weighted by molar-refractivity contribution is -0.137. The van der Waals surface area contributed by atoms with Crippen molar-refractivity contribution in [1.29, 1.82) is 0 Å². The fraction of sp³-hybridized carbons (Fsp3) is 0.304. The summed E-state index contributed by atoms with van der Waals surface area (Å²) < 4.78 is 5.34. The van der Waals surface area contributed by atoms with Crippen LogP contribution in [0.4, 0.5) is 5.69 Å². The lowest BCUT2D eigenvalue weighted by Gasteiger charge is -2.40. The Bertz CT molecular complexity index is 976. The predicted octanol–water partition coefficient (Wildman–Crippen LogP) is 1.69. The maximum atomic E-state index is 12.7. The fourth-order valence-electron chi connectivity index (χ4n) is 3.90. The Hall–Kier alpha value is -3.68. The highest BCUT2D eigenvalue weighted by atomic mass is 16.5. The van der Waals surface area contributed by atoms with E-state index in [1.54, 1.807) is 7.11 Å². The standard InChI is InChI=1S/C21H24N2O3.C2H3NO2/c1-4-21(2)18(19(24)20(22)25)16-12-15(26-3)10-11-17(16)23(21)13-14-8-6-5-7-9-14;3-2(5)1-4/h5-12,18H,4,13H2,1-3H3,(H2,22,25);1H,(H2,3,5). The van der Waals surface area contributed by atoms with Gasteiger partial charge in [-0.1, -0.05) is 37.3 Å². The Morgan fingerprint density at radius 2 is 1.74 bits per heavy atom. The molecule has 2 amide bonds. The lowest BCUT2D eigenvalue weighted by atomic mass is 9.78. The Morgan fingerprint density at radius 3 is 2.23 bits per heavy atom. The molecular weight excluding hydrogens is 398 g/mol. The monoisotopic (exact) mass is 425 g/mol. The normalized spacial score (nSPS) is 18.9. The number of anilines is 1. The topological polar surface area (TPSA) is 133 Å². The highest BCUT2D eigenvalue weighted by Gasteiger charge is 2.51. The molecule has 31 heavy (non-hydrogen) atoms. The second-order valence-corrected chi connectivity index (χ2v) is 7.39. The van der Waals surface area contributed by atoms with Crippen LogP contribution in [0, 0.1) is 0 Å². The third-order valence-electron chi connectivity index (χ3n) is 5.60. The van der Waals surface area contributed by atoms with Gasteiger partial charge in [0.1, 0.15) is 5.75 Å². The average Bonchev–Trinajstić information content (AvgIpc) is 3.01. The van der Waals surface area contributed by atoms with E-state index in [1.807, 2.05) is 50.2 Å². The SMILES string of the molecule is CCC1(C)C(C(=O)C(N)=O)c2cc(OC)ccc2N1Cc1ccccc1.NC(=O)C=O. The van der Waals surface area contributed by atoms with Gasteiger partial charge in [0.25, 0.3) is 11.8 Å². The number of fused-ring (bicyclic) bond motifs is 1. The summed E-state index contributed by atoms with van der Waals surface area (Å²) in [6, 6.07) is 15.8. The second kappa shape index (κ2) is 9.88. The van der Waals surface area contributed by atoms with Gasteiger partial charge in [0, 0.05) is 12.2 Å². The first-order valence-electron chi connectivity index (χ1n) is 9.77. The van der Waals surface area contributed by atoms with E-state index in [9.17, 15) is 14.4 Å². The number of amides is 2.